The molecule has 0 unspecified atom stereocenters. The van der Waals surface area contributed by atoms with Crippen LogP contribution in [0.2, 0.25) is 5.02 Å². The van der Waals surface area contributed by atoms with Crippen molar-refractivity contribution in [3.8, 4) is 11.3 Å². The number of aromatic nitrogens is 2. The van der Waals surface area contributed by atoms with Crippen molar-refractivity contribution < 1.29 is 4.79 Å². The lowest BCUT2D eigenvalue weighted by Gasteiger charge is -1.99. The molecule has 80 valence electrons. The predicted octanol–water partition coefficient (Wildman–Crippen LogP) is 2.86. The molecule has 3 rings (SSSR count). The largest absolute Gasteiger partial charge is 0.294 e. The van der Waals surface area contributed by atoms with E-state index in [4.69, 9.17) is 11.6 Å². The normalized spacial score (nSPS) is 14.2. The van der Waals surface area contributed by atoms with Gasteiger partial charge in [0.2, 0.25) is 0 Å². The van der Waals surface area contributed by atoms with Gasteiger partial charge in [0.05, 0.1) is 5.56 Å². The second kappa shape index (κ2) is 3.46. The zero-order chi connectivity index (χ0) is 11.1. The number of nitrogens with zero attached hydrogens (tertiary/aromatic N) is 1. The molecule has 0 amide bonds. The number of nitrogens with one attached hydrogen (secondary N) is 1. The number of carbonyl (C=O) groups is 1. The number of carbonyl (C=O) groups excluding carboxylic acids is 1. The van der Waals surface area contributed by atoms with E-state index in [0.717, 1.165) is 28.9 Å². The average Bonchev–Trinajstić information content (AvgIpc) is 2.82. The van der Waals surface area contributed by atoms with Crippen LogP contribution < -0.4 is 0 Å². The summed E-state index contributed by atoms with van der Waals surface area (Å²) in [4.78, 5) is 11.7. The first-order valence-electron chi connectivity index (χ1n) is 5.12. The molecular formula is C12H9ClN2O. The van der Waals surface area contributed by atoms with Crippen LogP contribution in [0.3, 0.4) is 0 Å². The predicted molar refractivity (Wildman–Crippen MR) is 61.7 cm³/mol. The molecule has 0 fully saturated rings. The summed E-state index contributed by atoms with van der Waals surface area (Å²) in [5, 5.41) is 7.77. The number of halogens is 1. The SMILES string of the molecule is O=C1CCc2[nH]nc(-c3cccc(Cl)c3)c21. The maximum atomic E-state index is 11.7. The van der Waals surface area contributed by atoms with E-state index in [1.54, 1.807) is 6.07 Å². The standard InChI is InChI=1S/C12H9ClN2O/c13-8-3-1-2-7(6-8)12-11-9(14-15-12)4-5-10(11)16/h1-3,6H,4-5H2,(H,14,15). The van der Waals surface area contributed by atoms with Gasteiger partial charge in [0.25, 0.3) is 0 Å². The van der Waals surface area contributed by atoms with E-state index in [2.05, 4.69) is 10.2 Å². The Morgan fingerprint density at radius 2 is 2.19 bits per heavy atom. The fourth-order valence-corrected chi connectivity index (χ4v) is 2.26. The second-order valence-electron chi connectivity index (χ2n) is 3.86. The molecule has 0 aliphatic heterocycles. The summed E-state index contributed by atoms with van der Waals surface area (Å²) >= 11 is 5.93. The molecule has 0 saturated heterocycles. The molecule has 1 aromatic carbocycles. The number of rotatable bonds is 1. The van der Waals surface area contributed by atoms with Crippen LogP contribution in [-0.2, 0) is 6.42 Å². The zero-order valence-corrected chi connectivity index (χ0v) is 9.21. The summed E-state index contributed by atoms with van der Waals surface area (Å²) in [6.07, 6.45) is 1.35. The Bertz CT molecular complexity index is 574. The lowest BCUT2D eigenvalue weighted by Crippen LogP contribution is -1.93. The van der Waals surface area contributed by atoms with Crippen LogP contribution in [0, 0.1) is 0 Å². The molecule has 0 bridgehead atoms. The van der Waals surface area contributed by atoms with E-state index in [9.17, 15) is 4.79 Å². The van der Waals surface area contributed by atoms with Crippen molar-refractivity contribution in [3.63, 3.8) is 0 Å². The maximum absolute atomic E-state index is 11.7. The van der Waals surface area contributed by atoms with Gasteiger partial charge < -0.3 is 0 Å². The summed E-state index contributed by atoms with van der Waals surface area (Å²) in [6.45, 7) is 0. The molecule has 0 spiro atoms. The molecule has 1 aromatic heterocycles. The smallest absolute Gasteiger partial charge is 0.167 e. The first-order valence-corrected chi connectivity index (χ1v) is 5.50. The average molecular weight is 233 g/mol. The van der Waals surface area contributed by atoms with Gasteiger partial charge >= 0.3 is 0 Å². The molecule has 1 heterocycles. The van der Waals surface area contributed by atoms with Crippen LogP contribution in [0.4, 0.5) is 0 Å². The summed E-state index contributed by atoms with van der Waals surface area (Å²) in [7, 11) is 0. The van der Waals surface area contributed by atoms with Crippen molar-refractivity contribution in [1.82, 2.24) is 10.2 Å². The summed E-state index contributed by atoms with van der Waals surface area (Å²) in [5.41, 5.74) is 3.29. The van der Waals surface area contributed by atoms with E-state index in [1.807, 2.05) is 18.2 Å². The fourth-order valence-electron chi connectivity index (χ4n) is 2.07. The molecule has 16 heavy (non-hydrogen) atoms. The number of ketones is 1. The van der Waals surface area contributed by atoms with E-state index < -0.39 is 0 Å². The summed E-state index contributed by atoms with van der Waals surface area (Å²) in [5.74, 6) is 0.165. The Kier molecular flexibility index (Phi) is 2.07. The lowest BCUT2D eigenvalue weighted by molar-refractivity contribution is 0.0995. The van der Waals surface area contributed by atoms with Crippen LogP contribution in [0.5, 0.6) is 0 Å². The molecular weight excluding hydrogens is 224 g/mol. The highest BCUT2D eigenvalue weighted by atomic mass is 35.5. The zero-order valence-electron chi connectivity index (χ0n) is 8.46. The molecule has 1 aliphatic carbocycles. The van der Waals surface area contributed by atoms with Gasteiger partial charge in [-0.05, 0) is 18.6 Å². The quantitative estimate of drug-likeness (QED) is 0.822. The Labute approximate surface area is 97.4 Å². The third-order valence-corrected chi connectivity index (χ3v) is 3.06. The summed E-state index contributed by atoms with van der Waals surface area (Å²) in [6, 6.07) is 7.40. The Morgan fingerprint density at radius 3 is 3.00 bits per heavy atom. The Morgan fingerprint density at radius 1 is 1.31 bits per heavy atom. The van der Waals surface area contributed by atoms with Gasteiger partial charge in [-0.1, -0.05) is 23.7 Å². The highest BCUT2D eigenvalue weighted by Gasteiger charge is 2.26. The van der Waals surface area contributed by atoms with Gasteiger partial charge in [-0.25, -0.2) is 0 Å². The van der Waals surface area contributed by atoms with Crippen molar-refractivity contribution in [2.45, 2.75) is 12.8 Å². The summed E-state index contributed by atoms with van der Waals surface area (Å²) < 4.78 is 0. The molecule has 1 aliphatic rings. The first-order chi connectivity index (χ1) is 7.75. The molecule has 1 N–H and O–H groups in total. The van der Waals surface area contributed by atoms with Crippen molar-refractivity contribution in [2.24, 2.45) is 0 Å². The number of benzene rings is 1. The molecule has 3 nitrogen and oxygen atoms in total. The topological polar surface area (TPSA) is 45.8 Å². The first kappa shape index (κ1) is 9.60. The molecule has 2 aromatic rings. The number of aromatic amines is 1. The van der Waals surface area contributed by atoms with Gasteiger partial charge in [0.1, 0.15) is 5.69 Å². The Balaban J connectivity index is 2.18. The van der Waals surface area contributed by atoms with Crippen molar-refractivity contribution in [3.05, 3.63) is 40.5 Å². The number of fused-ring (bicyclic) bond motifs is 1. The number of aryl methyl sites for hydroxylation is 1. The molecule has 0 radical (unpaired) electrons. The van der Waals surface area contributed by atoms with Crippen molar-refractivity contribution in [1.29, 1.82) is 0 Å². The third-order valence-electron chi connectivity index (χ3n) is 2.82. The molecule has 0 saturated carbocycles. The highest BCUT2D eigenvalue weighted by molar-refractivity contribution is 6.30. The van der Waals surface area contributed by atoms with Crippen LogP contribution in [-0.4, -0.2) is 16.0 Å². The van der Waals surface area contributed by atoms with E-state index in [-0.39, 0.29) is 5.78 Å². The van der Waals surface area contributed by atoms with Gasteiger partial charge in [0.15, 0.2) is 5.78 Å². The van der Waals surface area contributed by atoms with Crippen LogP contribution >= 0.6 is 11.6 Å². The third kappa shape index (κ3) is 1.36. The van der Waals surface area contributed by atoms with Gasteiger partial charge in [-0.3, -0.25) is 9.89 Å². The van der Waals surface area contributed by atoms with Crippen LogP contribution in [0.25, 0.3) is 11.3 Å². The Hall–Kier alpha value is -1.61. The number of H-pyrrole nitrogens is 1. The maximum Gasteiger partial charge on any atom is 0.167 e. The number of hydrogen-bond donors (Lipinski definition) is 1. The number of Topliss-reactive ketones (excluding diaryl/α,β-unsaturated/α-hetero) is 1. The van der Waals surface area contributed by atoms with Gasteiger partial charge in [-0.2, -0.15) is 5.10 Å². The minimum absolute atomic E-state index is 0.165. The van der Waals surface area contributed by atoms with E-state index in [1.165, 1.54) is 0 Å². The minimum Gasteiger partial charge on any atom is -0.294 e. The molecule has 4 heteroatoms. The van der Waals surface area contributed by atoms with Crippen molar-refractivity contribution in [2.75, 3.05) is 0 Å². The van der Waals surface area contributed by atoms with Gasteiger partial charge in [0, 0.05) is 22.7 Å². The van der Waals surface area contributed by atoms with Crippen molar-refractivity contribution >= 4 is 17.4 Å². The number of hydrogen-bond acceptors (Lipinski definition) is 2. The minimum atomic E-state index is 0.165. The lowest BCUT2D eigenvalue weighted by atomic mass is 10.1. The van der Waals surface area contributed by atoms with Gasteiger partial charge in [-0.15, -0.1) is 0 Å². The highest BCUT2D eigenvalue weighted by Crippen LogP contribution is 2.31. The van der Waals surface area contributed by atoms with Crippen LogP contribution in [0.15, 0.2) is 24.3 Å². The van der Waals surface area contributed by atoms with E-state index in [0.29, 0.717) is 11.4 Å². The second-order valence-corrected chi connectivity index (χ2v) is 4.30. The molecule has 0 atom stereocenters. The monoisotopic (exact) mass is 232 g/mol. The van der Waals surface area contributed by atoms with Crippen LogP contribution in [0.1, 0.15) is 22.5 Å². The van der Waals surface area contributed by atoms with E-state index >= 15 is 0 Å². The fraction of sp³-hybridized carbons (Fsp3) is 0.167.